The van der Waals surface area contributed by atoms with Crippen molar-refractivity contribution in [1.29, 1.82) is 10.5 Å². The second-order valence-corrected chi connectivity index (χ2v) is 15.7. The summed E-state index contributed by atoms with van der Waals surface area (Å²) in [6, 6.07) is 14.9. The molecule has 0 spiro atoms. The minimum Gasteiger partial charge on any atom is -0.370 e. The Labute approximate surface area is 335 Å². The summed E-state index contributed by atoms with van der Waals surface area (Å²) in [6.07, 6.45) is 23.1. The fraction of sp³-hybridized carbons (Fsp3) is 0.432. The van der Waals surface area contributed by atoms with Crippen LogP contribution in [0.2, 0.25) is 0 Å². The number of benzene rings is 1. The van der Waals surface area contributed by atoms with Crippen LogP contribution in [0.4, 0.5) is 11.4 Å². The number of anilines is 2. The number of nitriles is 2. The van der Waals surface area contributed by atoms with E-state index in [1.807, 2.05) is 6.07 Å². The van der Waals surface area contributed by atoms with Gasteiger partial charge in [0.25, 0.3) is 0 Å². The third-order valence-electron chi connectivity index (χ3n) is 11.9. The maximum Gasteiger partial charge on any atom is 0.164 e. The molecule has 0 amide bonds. The number of piperazine rings is 1. The lowest BCUT2D eigenvalue weighted by molar-refractivity contribution is 0.221. The Kier molecular flexibility index (Phi) is 12.6. The highest BCUT2D eigenvalue weighted by Gasteiger charge is 2.34. The predicted molar refractivity (Wildman–Crippen MR) is 224 cm³/mol. The molecule has 5 heterocycles. The largest absolute Gasteiger partial charge is 0.370 e. The first-order valence-corrected chi connectivity index (χ1v) is 20.2. The van der Waals surface area contributed by atoms with Crippen molar-refractivity contribution in [1.82, 2.24) is 45.0 Å². The van der Waals surface area contributed by atoms with Crippen LogP contribution in [-0.4, -0.2) is 78.9 Å². The van der Waals surface area contributed by atoms with Gasteiger partial charge in [0, 0.05) is 55.2 Å². The highest BCUT2D eigenvalue weighted by molar-refractivity contribution is 5.77. The van der Waals surface area contributed by atoms with Crippen LogP contribution in [0.15, 0.2) is 86.4 Å². The second kappa shape index (κ2) is 18.3. The van der Waals surface area contributed by atoms with E-state index in [4.69, 9.17) is 10.5 Å². The highest BCUT2D eigenvalue weighted by atomic mass is 15.4. The van der Waals surface area contributed by atoms with E-state index in [1.165, 1.54) is 96.0 Å². The molecule has 1 saturated carbocycles. The summed E-state index contributed by atoms with van der Waals surface area (Å²) in [5.74, 6) is 1.52. The fourth-order valence-corrected chi connectivity index (χ4v) is 8.59. The molecule has 2 aliphatic carbocycles. The van der Waals surface area contributed by atoms with E-state index in [0.29, 0.717) is 28.4 Å². The van der Waals surface area contributed by atoms with Crippen molar-refractivity contribution < 1.29 is 0 Å². The lowest BCUT2D eigenvalue weighted by atomic mass is 9.79. The molecule has 13 heteroatoms. The fourth-order valence-electron chi connectivity index (χ4n) is 8.59. The summed E-state index contributed by atoms with van der Waals surface area (Å²) in [7, 11) is 0. The van der Waals surface area contributed by atoms with Crippen molar-refractivity contribution >= 4 is 22.4 Å². The number of allylic oxidation sites excluding steroid dienone is 1. The Balaban J connectivity index is 0.000000177. The number of hydrogen-bond acceptors (Lipinski definition) is 11. The van der Waals surface area contributed by atoms with Gasteiger partial charge >= 0.3 is 0 Å². The number of rotatable bonds is 13. The topological polar surface area (TPSA) is 152 Å². The molecule has 0 radical (unpaired) electrons. The van der Waals surface area contributed by atoms with Crippen molar-refractivity contribution in [2.45, 2.75) is 76.5 Å². The van der Waals surface area contributed by atoms with Gasteiger partial charge in [-0.1, -0.05) is 63.5 Å². The Bertz CT molecular complexity index is 2230. The van der Waals surface area contributed by atoms with Crippen LogP contribution in [0.5, 0.6) is 0 Å². The van der Waals surface area contributed by atoms with Gasteiger partial charge in [-0.3, -0.25) is 4.90 Å². The van der Waals surface area contributed by atoms with Crippen LogP contribution in [0, 0.1) is 28.6 Å². The van der Waals surface area contributed by atoms with E-state index in [-0.39, 0.29) is 12.0 Å². The SMILES string of the molecule is C=CNC(=C)CCC1(C)CCc2cc(N3CCN(CCC4CCCCC4)CC3)ccc21.N#CCNc1cc(-n2ncc3cc(C#N)cnc32)ncc1-n1ccnn1. The maximum absolute atomic E-state index is 8.98. The molecule has 2 N–H and O–H groups in total. The molecule has 294 valence electrons. The first-order chi connectivity index (χ1) is 27.9. The number of fused-ring (bicyclic) bond motifs is 2. The standard InChI is InChI=1S/C28H43N3.C16H10N10/c1-4-29-23(2)12-15-28(3)16-13-25-22-26(10-11-27(25)28)31-20-18-30(19-21-31)17-14-24-8-6-5-7-9-24;17-1-2-19-13-6-15(20-10-14(13)25-4-3-22-24-25)26-16-12(9-23-26)5-11(7-18)8-21-16/h4,10-11,22,24,29H,1-2,5-9,12-21H2,3H3;3-6,8-10H,2H2,(H,19,20). The number of nitrogens with zero attached hydrogens (tertiary/aromatic N) is 11. The molecule has 0 bridgehead atoms. The molecule has 1 atom stereocenters. The lowest BCUT2D eigenvalue weighted by Gasteiger charge is -2.37. The normalized spacial score (nSPS) is 18.2. The number of aryl methyl sites for hydroxylation is 1. The highest BCUT2D eigenvalue weighted by Crippen LogP contribution is 2.44. The van der Waals surface area contributed by atoms with Gasteiger partial charge in [-0.05, 0) is 85.5 Å². The molecule has 1 aromatic carbocycles. The van der Waals surface area contributed by atoms with Gasteiger partial charge in [-0.25, -0.2) is 14.6 Å². The summed E-state index contributed by atoms with van der Waals surface area (Å²) < 4.78 is 3.12. The molecule has 5 aromatic rings. The van der Waals surface area contributed by atoms with Crippen molar-refractivity contribution in [2.24, 2.45) is 5.92 Å². The van der Waals surface area contributed by atoms with Crippen LogP contribution in [0.25, 0.3) is 22.5 Å². The Morgan fingerprint density at radius 2 is 1.88 bits per heavy atom. The zero-order chi connectivity index (χ0) is 39.6. The Hall–Kier alpha value is -6.05. The van der Waals surface area contributed by atoms with E-state index in [0.717, 1.165) is 29.8 Å². The zero-order valence-corrected chi connectivity index (χ0v) is 33.1. The summed E-state index contributed by atoms with van der Waals surface area (Å²) >= 11 is 0. The van der Waals surface area contributed by atoms with Gasteiger partial charge in [0.1, 0.15) is 18.3 Å². The molecular weight excluding hydrogens is 711 g/mol. The first-order valence-electron chi connectivity index (χ1n) is 20.2. The van der Waals surface area contributed by atoms with Crippen molar-refractivity contribution in [3.05, 3.63) is 103 Å². The average Bonchev–Trinajstić information content (AvgIpc) is 4.02. The summed E-state index contributed by atoms with van der Waals surface area (Å²) in [4.78, 5) is 14.0. The van der Waals surface area contributed by atoms with Crippen LogP contribution < -0.4 is 15.5 Å². The number of pyridine rings is 2. The average molecular weight is 764 g/mol. The van der Waals surface area contributed by atoms with Crippen molar-refractivity contribution in [2.75, 3.05) is 49.5 Å². The van der Waals surface area contributed by atoms with Gasteiger partial charge in [0.15, 0.2) is 11.5 Å². The van der Waals surface area contributed by atoms with E-state index in [1.54, 1.807) is 63.6 Å². The third kappa shape index (κ3) is 9.33. The predicted octanol–water partition coefficient (Wildman–Crippen LogP) is 7.21. The van der Waals surface area contributed by atoms with Gasteiger partial charge in [-0.15, -0.1) is 5.10 Å². The minimum absolute atomic E-state index is 0.120. The van der Waals surface area contributed by atoms with Crippen molar-refractivity contribution in [3.63, 3.8) is 0 Å². The van der Waals surface area contributed by atoms with E-state index in [2.05, 4.69) is 90.2 Å². The molecule has 2 fully saturated rings. The summed E-state index contributed by atoms with van der Waals surface area (Å²) in [5, 5.41) is 36.8. The van der Waals surface area contributed by atoms with Crippen LogP contribution in [-0.2, 0) is 11.8 Å². The first kappa shape index (κ1) is 39.2. The number of aromatic nitrogens is 7. The Morgan fingerprint density at radius 3 is 2.63 bits per heavy atom. The smallest absolute Gasteiger partial charge is 0.164 e. The van der Waals surface area contributed by atoms with Gasteiger partial charge in [-0.2, -0.15) is 20.3 Å². The molecule has 57 heavy (non-hydrogen) atoms. The van der Waals surface area contributed by atoms with Gasteiger partial charge in [0.2, 0.25) is 0 Å². The van der Waals surface area contributed by atoms with Crippen LogP contribution >= 0.6 is 0 Å². The molecule has 1 saturated heterocycles. The number of nitrogens with one attached hydrogen (secondary N) is 2. The van der Waals surface area contributed by atoms with Crippen molar-refractivity contribution in [3.8, 4) is 23.6 Å². The molecule has 1 aliphatic heterocycles. The van der Waals surface area contributed by atoms with Crippen LogP contribution in [0.3, 0.4) is 0 Å². The molecular formula is C44H53N13. The summed E-state index contributed by atoms with van der Waals surface area (Å²) in [5.41, 5.74) is 8.26. The monoisotopic (exact) mass is 763 g/mol. The van der Waals surface area contributed by atoms with Gasteiger partial charge < -0.3 is 15.5 Å². The molecule has 4 aromatic heterocycles. The van der Waals surface area contributed by atoms with E-state index in [9.17, 15) is 0 Å². The van der Waals surface area contributed by atoms with E-state index >= 15 is 0 Å². The summed E-state index contributed by atoms with van der Waals surface area (Å²) in [6.45, 7) is 16.5. The quantitative estimate of drug-likeness (QED) is 0.117. The zero-order valence-electron chi connectivity index (χ0n) is 33.1. The molecule has 13 nitrogen and oxygen atoms in total. The molecule has 1 unspecified atom stereocenters. The minimum atomic E-state index is 0.120. The lowest BCUT2D eigenvalue weighted by Crippen LogP contribution is -2.47. The van der Waals surface area contributed by atoms with E-state index < -0.39 is 0 Å². The number of hydrogen-bond donors (Lipinski definition) is 2. The maximum atomic E-state index is 8.98. The Morgan fingerprint density at radius 1 is 1.04 bits per heavy atom. The van der Waals surface area contributed by atoms with Gasteiger partial charge in [0.05, 0.1) is 42.1 Å². The third-order valence-corrected chi connectivity index (χ3v) is 11.9. The van der Waals surface area contributed by atoms with Crippen LogP contribution in [0.1, 0.15) is 81.4 Å². The molecule has 8 rings (SSSR count). The molecule has 3 aliphatic rings. The second-order valence-electron chi connectivity index (χ2n) is 15.7.